The second kappa shape index (κ2) is 6.61. The molecule has 0 saturated heterocycles. The molecule has 0 atom stereocenters. The second-order valence-corrected chi connectivity index (χ2v) is 3.88. The number of rotatable bonds is 6. The van der Waals surface area contributed by atoms with Crippen molar-refractivity contribution in [3.63, 3.8) is 0 Å². The van der Waals surface area contributed by atoms with Crippen molar-refractivity contribution in [3.8, 4) is 0 Å². The zero-order valence-electron chi connectivity index (χ0n) is 10.3. The van der Waals surface area contributed by atoms with E-state index in [1.807, 2.05) is 31.1 Å². The third-order valence-electron chi connectivity index (χ3n) is 2.13. The van der Waals surface area contributed by atoms with Gasteiger partial charge in [-0.1, -0.05) is 0 Å². The van der Waals surface area contributed by atoms with E-state index in [0.717, 1.165) is 5.69 Å². The number of benzene rings is 1. The molecule has 6 heteroatoms. The van der Waals surface area contributed by atoms with E-state index in [0.29, 0.717) is 5.69 Å². The number of carbonyl (C=O) groups excluding carboxylic acids is 1. The molecule has 0 spiro atoms. The Hall–Kier alpha value is -2.08. The standard InChI is InChI=1S/C12H16N2O4/c1-14(2)10-5-3-9(4-6-10)13-11(15)7-18-8-12(16)17/h3-6H,7-8H2,1-2H3,(H,13,15)(H,16,17). The lowest BCUT2D eigenvalue weighted by molar-refractivity contribution is -0.143. The van der Waals surface area contributed by atoms with Gasteiger partial charge in [0.25, 0.3) is 0 Å². The topological polar surface area (TPSA) is 78.9 Å². The molecule has 1 aromatic carbocycles. The SMILES string of the molecule is CN(C)c1ccc(NC(=O)COCC(=O)O)cc1. The zero-order chi connectivity index (χ0) is 13.5. The monoisotopic (exact) mass is 252 g/mol. The molecule has 0 saturated carbocycles. The molecule has 0 aliphatic carbocycles. The van der Waals surface area contributed by atoms with Crippen molar-refractivity contribution in [2.75, 3.05) is 37.5 Å². The summed E-state index contributed by atoms with van der Waals surface area (Å²) in [4.78, 5) is 23.5. The van der Waals surface area contributed by atoms with Crippen molar-refractivity contribution in [1.82, 2.24) is 0 Å². The van der Waals surface area contributed by atoms with Crippen LogP contribution in [-0.2, 0) is 14.3 Å². The minimum absolute atomic E-state index is 0.276. The molecule has 1 rings (SSSR count). The number of ether oxygens (including phenoxy) is 1. The molecule has 0 bridgehead atoms. The Labute approximate surface area is 105 Å². The molecular weight excluding hydrogens is 236 g/mol. The molecule has 18 heavy (non-hydrogen) atoms. The quantitative estimate of drug-likeness (QED) is 0.782. The number of hydrogen-bond acceptors (Lipinski definition) is 4. The Morgan fingerprint density at radius 3 is 2.33 bits per heavy atom. The molecule has 0 fully saturated rings. The molecule has 1 amide bonds. The van der Waals surface area contributed by atoms with Crippen LogP contribution in [0.3, 0.4) is 0 Å². The van der Waals surface area contributed by atoms with Crippen LogP contribution in [0.1, 0.15) is 0 Å². The fourth-order valence-corrected chi connectivity index (χ4v) is 1.27. The van der Waals surface area contributed by atoms with Gasteiger partial charge in [-0.3, -0.25) is 4.79 Å². The van der Waals surface area contributed by atoms with Gasteiger partial charge in [-0.05, 0) is 24.3 Å². The van der Waals surface area contributed by atoms with Crippen LogP contribution in [0.15, 0.2) is 24.3 Å². The van der Waals surface area contributed by atoms with E-state index in [-0.39, 0.29) is 12.5 Å². The fourth-order valence-electron chi connectivity index (χ4n) is 1.27. The van der Waals surface area contributed by atoms with Crippen LogP contribution >= 0.6 is 0 Å². The lowest BCUT2D eigenvalue weighted by atomic mass is 10.2. The van der Waals surface area contributed by atoms with Gasteiger partial charge in [0.1, 0.15) is 13.2 Å². The van der Waals surface area contributed by atoms with Gasteiger partial charge in [0, 0.05) is 25.5 Å². The Kier molecular flexibility index (Phi) is 5.13. The summed E-state index contributed by atoms with van der Waals surface area (Å²) in [5.41, 5.74) is 1.67. The maximum Gasteiger partial charge on any atom is 0.329 e. The van der Waals surface area contributed by atoms with E-state index < -0.39 is 12.6 Å². The van der Waals surface area contributed by atoms with Gasteiger partial charge in [-0.15, -0.1) is 0 Å². The normalized spacial score (nSPS) is 9.89. The van der Waals surface area contributed by atoms with E-state index in [9.17, 15) is 9.59 Å². The first-order valence-electron chi connectivity index (χ1n) is 5.36. The number of carbonyl (C=O) groups is 2. The predicted molar refractivity (Wildman–Crippen MR) is 67.9 cm³/mol. The van der Waals surface area contributed by atoms with E-state index in [4.69, 9.17) is 5.11 Å². The highest BCUT2D eigenvalue weighted by Crippen LogP contribution is 2.15. The van der Waals surface area contributed by atoms with Crippen molar-refractivity contribution in [2.45, 2.75) is 0 Å². The summed E-state index contributed by atoms with van der Waals surface area (Å²) in [5.74, 6) is -1.48. The Balaban J connectivity index is 2.42. The van der Waals surface area contributed by atoms with Gasteiger partial charge < -0.3 is 20.1 Å². The number of nitrogens with one attached hydrogen (secondary N) is 1. The van der Waals surface area contributed by atoms with Crippen molar-refractivity contribution in [3.05, 3.63) is 24.3 Å². The maximum absolute atomic E-state index is 11.4. The van der Waals surface area contributed by atoms with Crippen LogP contribution in [0.4, 0.5) is 11.4 Å². The smallest absolute Gasteiger partial charge is 0.329 e. The first-order valence-corrected chi connectivity index (χ1v) is 5.36. The van der Waals surface area contributed by atoms with Gasteiger partial charge in [-0.25, -0.2) is 4.79 Å². The van der Waals surface area contributed by atoms with Gasteiger partial charge in [-0.2, -0.15) is 0 Å². The van der Waals surface area contributed by atoms with E-state index in [2.05, 4.69) is 10.1 Å². The van der Waals surface area contributed by atoms with Gasteiger partial charge in [0.15, 0.2) is 0 Å². The molecule has 0 heterocycles. The first-order chi connectivity index (χ1) is 8.49. The van der Waals surface area contributed by atoms with Crippen LogP contribution in [0, 0.1) is 0 Å². The second-order valence-electron chi connectivity index (χ2n) is 3.88. The zero-order valence-corrected chi connectivity index (χ0v) is 10.3. The summed E-state index contributed by atoms with van der Waals surface area (Å²) < 4.78 is 4.67. The van der Waals surface area contributed by atoms with E-state index in [1.165, 1.54) is 0 Å². The van der Waals surface area contributed by atoms with Crippen LogP contribution in [0.2, 0.25) is 0 Å². The highest BCUT2D eigenvalue weighted by Gasteiger charge is 2.04. The molecule has 0 aliphatic heterocycles. The average molecular weight is 252 g/mol. The summed E-state index contributed by atoms with van der Waals surface area (Å²) >= 11 is 0. The third-order valence-corrected chi connectivity index (χ3v) is 2.13. The molecule has 0 unspecified atom stereocenters. The molecule has 0 aromatic heterocycles. The molecular formula is C12H16N2O4. The summed E-state index contributed by atoms with van der Waals surface area (Å²) in [5, 5.41) is 10.9. The molecule has 2 N–H and O–H groups in total. The molecule has 0 radical (unpaired) electrons. The Bertz CT molecular complexity index is 415. The molecule has 6 nitrogen and oxygen atoms in total. The van der Waals surface area contributed by atoms with Crippen LogP contribution in [-0.4, -0.2) is 44.3 Å². The number of hydrogen-bond donors (Lipinski definition) is 2. The number of aliphatic carboxylic acids is 1. The van der Waals surface area contributed by atoms with Crippen LogP contribution in [0.5, 0.6) is 0 Å². The maximum atomic E-state index is 11.4. The molecule has 98 valence electrons. The highest BCUT2D eigenvalue weighted by molar-refractivity contribution is 5.92. The van der Waals surface area contributed by atoms with Crippen molar-refractivity contribution < 1.29 is 19.4 Å². The van der Waals surface area contributed by atoms with Crippen LogP contribution in [0.25, 0.3) is 0 Å². The number of carboxylic acid groups (broad SMARTS) is 1. The number of nitrogens with zero attached hydrogens (tertiary/aromatic N) is 1. The van der Waals surface area contributed by atoms with E-state index in [1.54, 1.807) is 12.1 Å². The van der Waals surface area contributed by atoms with Gasteiger partial charge >= 0.3 is 5.97 Å². The lowest BCUT2D eigenvalue weighted by Crippen LogP contribution is -2.20. The molecule has 1 aromatic rings. The predicted octanol–water partition coefficient (Wildman–Crippen LogP) is 0.792. The van der Waals surface area contributed by atoms with Gasteiger partial charge in [0.05, 0.1) is 0 Å². The number of anilines is 2. The van der Waals surface area contributed by atoms with Gasteiger partial charge in [0.2, 0.25) is 5.91 Å². The van der Waals surface area contributed by atoms with Crippen LogP contribution < -0.4 is 10.2 Å². The highest BCUT2D eigenvalue weighted by atomic mass is 16.5. The lowest BCUT2D eigenvalue weighted by Gasteiger charge is -2.13. The van der Waals surface area contributed by atoms with Crippen molar-refractivity contribution >= 4 is 23.3 Å². The summed E-state index contributed by atoms with van der Waals surface area (Å²) in [6.07, 6.45) is 0. The summed E-state index contributed by atoms with van der Waals surface area (Å²) in [6.45, 7) is -0.755. The third kappa shape index (κ3) is 4.84. The Morgan fingerprint density at radius 1 is 1.22 bits per heavy atom. The molecule has 0 aliphatic rings. The fraction of sp³-hybridized carbons (Fsp3) is 0.333. The largest absolute Gasteiger partial charge is 0.480 e. The van der Waals surface area contributed by atoms with E-state index >= 15 is 0 Å². The van der Waals surface area contributed by atoms with Crippen molar-refractivity contribution in [1.29, 1.82) is 0 Å². The minimum atomic E-state index is -1.10. The summed E-state index contributed by atoms with van der Waals surface area (Å²) in [7, 11) is 3.85. The number of amides is 1. The van der Waals surface area contributed by atoms with Crippen molar-refractivity contribution in [2.24, 2.45) is 0 Å². The number of carboxylic acids is 1. The summed E-state index contributed by atoms with van der Waals surface area (Å²) in [6, 6.07) is 7.27. The Morgan fingerprint density at radius 2 is 1.83 bits per heavy atom. The first kappa shape index (κ1) is 14.0. The average Bonchev–Trinajstić information content (AvgIpc) is 2.29. The minimum Gasteiger partial charge on any atom is -0.480 e.